The molecule has 0 fully saturated rings. The number of nitrogens with zero attached hydrogens (tertiary/aromatic N) is 2. The van der Waals surface area contributed by atoms with Crippen LogP contribution in [0.3, 0.4) is 0 Å². The van der Waals surface area contributed by atoms with E-state index in [0.717, 1.165) is 12.1 Å². The van der Waals surface area contributed by atoms with Crippen LogP contribution in [-0.2, 0) is 11.3 Å². The van der Waals surface area contributed by atoms with Crippen molar-refractivity contribution in [2.45, 2.75) is 6.54 Å². The van der Waals surface area contributed by atoms with E-state index in [1.807, 2.05) is 0 Å². The Morgan fingerprint density at radius 2 is 2.00 bits per heavy atom. The maximum Gasteiger partial charge on any atom is 0.254 e. The SMILES string of the molecule is COCCN(Cc1ccccn1)C(=O)c1cc(F)c(O)c(F)c1. The minimum Gasteiger partial charge on any atom is -0.503 e. The minimum absolute atomic E-state index is 0.174. The number of phenolic OH excluding ortho intramolecular Hbond substituents is 1. The predicted octanol–water partition coefficient (Wildman–Crippen LogP) is 2.35. The Hall–Kier alpha value is -2.54. The molecule has 1 amide bonds. The first-order valence-corrected chi connectivity index (χ1v) is 6.89. The number of hydrogen-bond donors (Lipinski definition) is 1. The van der Waals surface area contributed by atoms with Crippen molar-refractivity contribution in [1.82, 2.24) is 9.88 Å². The standard InChI is InChI=1S/C16H16F2N2O3/c1-23-7-6-20(10-12-4-2-3-5-19-12)16(22)11-8-13(17)15(21)14(18)9-11/h2-5,8-9,21H,6-7,10H2,1H3. The molecule has 5 nitrogen and oxygen atoms in total. The van der Waals surface area contributed by atoms with Crippen LogP contribution in [0.4, 0.5) is 8.78 Å². The molecule has 1 heterocycles. The van der Waals surface area contributed by atoms with Gasteiger partial charge in [0.1, 0.15) is 0 Å². The van der Waals surface area contributed by atoms with Crippen molar-refractivity contribution in [3.63, 3.8) is 0 Å². The highest BCUT2D eigenvalue weighted by Gasteiger charge is 2.20. The molecule has 0 radical (unpaired) electrons. The molecule has 0 atom stereocenters. The van der Waals surface area contributed by atoms with E-state index >= 15 is 0 Å². The third-order valence-corrected chi connectivity index (χ3v) is 3.20. The lowest BCUT2D eigenvalue weighted by molar-refractivity contribution is 0.0677. The van der Waals surface area contributed by atoms with Crippen molar-refractivity contribution in [3.05, 3.63) is 59.4 Å². The molecule has 0 aliphatic carbocycles. The molecule has 0 spiro atoms. The molecule has 1 aromatic heterocycles. The number of pyridine rings is 1. The molecule has 0 aliphatic rings. The normalized spacial score (nSPS) is 10.6. The lowest BCUT2D eigenvalue weighted by atomic mass is 10.1. The van der Waals surface area contributed by atoms with Gasteiger partial charge in [-0.2, -0.15) is 0 Å². The summed E-state index contributed by atoms with van der Waals surface area (Å²) in [6.45, 7) is 0.671. The first kappa shape index (κ1) is 16.8. The summed E-state index contributed by atoms with van der Waals surface area (Å²) in [5.74, 6) is -4.05. The highest BCUT2D eigenvalue weighted by molar-refractivity contribution is 5.94. The number of methoxy groups -OCH3 is 1. The van der Waals surface area contributed by atoms with Gasteiger partial charge in [0.2, 0.25) is 0 Å². The van der Waals surface area contributed by atoms with Crippen LogP contribution in [0.5, 0.6) is 5.75 Å². The molecule has 23 heavy (non-hydrogen) atoms. The van der Waals surface area contributed by atoms with Gasteiger partial charge in [0.05, 0.1) is 18.8 Å². The molecule has 1 N–H and O–H groups in total. The molecule has 0 unspecified atom stereocenters. The molecule has 0 saturated heterocycles. The second-order valence-corrected chi connectivity index (χ2v) is 4.83. The zero-order valence-corrected chi connectivity index (χ0v) is 12.5. The molecule has 0 bridgehead atoms. The zero-order valence-electron chi connectivity index (χ0n) is 12.5. The quantitative estimate of drug-likeness (QED) is 0.887. The molecule has 2 aromatic rings. The van der Waals surface area contributed by atoms with Gasteiger partial charge in [0.25, 0.3) is 5.91 Å². The maximum atomic E-state index is 13.4. The number of rotatable bonds is 6. The molecule has 7 heteroatoms. The molecular weight excluding hydrogens is 306 g/mol. The van der Waals surface area contributed by atoms with E-state index in [1.165, 1.54) is 12.0 Å². The average Bonchev–Trinajstić information content (AvgIpc) is 2.56. The zero-order chi connectivity index (χ0) is 16.8. The van der Waals surface area contributed by atoms with E-state index in [2.05, 4.69) is 4.98 Å². The van der Waals surface area contributed by atoms with Gasteiger partial charge in [-0.05, 0) is 24.3 Å². The summed E-state index contributed by atoms with van der Waals surface area (Å²) in [4.78, 5) is 18.0. The molecular formula is C16H16F2N2O3. The number of carbonyl (C=O) groups is 1. The fourth-order valence-corrected chi connectivity index (χ4v) is 2.01. The smallest absolute Gasteiger partial charge is 0.254 e. The van der Waals surface area contributed by atoms with Crippen molar-refractivity contribution in [1.29, 1.82) is 0 Å². The molecule has 122 valence electrons. The lowest BCUT2D eigenvalue weighted by Crippen LogP contribution is -2.33. The fraction of sp³-hybridized carbons (Fsp3) is 0.250. The second-order valence-electron chi connectivity index (χ2n) is 4.83. The van der Waals surface area contributed by atoms with Crippen LogP contribution in [0.25, 0.3) is 0 Å². The van der Waals surface area contributed by atoms with Crippen LogP contribution in [-0.4, -0.2) is 41.2 Å². The Balaban J connectivity index is 2.25. The van der Waals surface area contributed by atoms with E-state index in [0.29, 0.717) is 5.69 Å². The van der Waals surface area contributed by atoms with E-state index in [1.54, 1.807) is 24.4 Å². The first-order chi connectivity index (χ1) is 11.0. The van der Waals surface area contributed by atoms with Crippen molar-refractivity contribution >= 4 is 5.91 Å². The summed E-state index contributed by atoms with van der Waals surface area (Å²) in [6.07, 6.45) is 1.59. The predicted molar refractivity (Wildman–Crippen MR) is 78.9 cm³/mol. The van der Waals surface area contributed by atoms with Crippen LogP contribution < -0.4 is 0 Å². The van der Waals surface area contributed by atoms with Crippen LogP contribution >= 0.6 is 0 Å². The molecule has 0 saturated carbocycles. The third kappa shape index (κ3) is 4.23. The highest BCUT2D eigenvalue weighted by atomic mass is 19.1. The number of phenols is 1. The van der Waals surface area contributed by atoms with Crippen molar-refractivity contribution in [2.24, 2.45) is 0 Å². The third-order valence-electron chi connectivity index (χ3n) is 3.20. The number of amides is 1. The Bertz CT molecular complexity index is 657. The molecule has 0 aliphatic heterocycles. The summed E-state index contributed by atoms with van der Waals surface area (Å²) in [6, 6.07) is 6.87. The van der Waals surface area contributed by atoms with Crippen LogP contribution in [0.2, 0.25) is 0 Å². The Labute approximate surface area is 132 Å². The number of aromatic hydroxyl groups is 1. The molecule has 2 rings (SSSR count). The van der Waals surface area contributed by atoms with Gasteiger partial charge < -0.3 is 14.7 Å². The summed E-state index contributed by atoms with van der Waals surface area (Å²) >= 11 is 0. The van der Waals surface area contributed by atoms with E-state index < -0.39 is 23.3 Å². The van der Waals surface area contributed by atoms with Gasteiger partial charge in [0.15, 0.2) is 17.4 Å². The van der Waals surface area contributed by atoms with Crippen molar-refractivity contribution in [2.75, 3.05) is 20.3 Å². The second kappa shape index (κ2) is 7.64. The Kier molecular flexibility index (Phi) is 5.59. The van der Waals surface area contributed by atoms with Gasteiger partial charge in [-0.3, -0.25) is 9.78 Å². The Morgan fingerprint density at radius 1 is 1.30 bits per heavy atom. The Morgan fingerprint density at radius 3 is 2.57 bits per heavy atom. The average molecular weight is 322 g/mol. The van der Waals surface area contributed by atoms with Crippen LogP contribution in [0, 0.1) is 11.6 Å². The number of hydrogen-bond acceptors (Lipinski definition) is 4. The largest absolute Gasteiger partial charge is 0.503 e. The fourth-order valence-electron chi connectivity index (χ4n) is 2.01. The van der Waals surface area contributed by atoms with Crippen molar-refractivity contribution < 1.29 is 23.4 Å². The van der Waals surface area contributed by atoms with E-state index in [-0.39, 0.29) is 25.3 Å². The number of benzene rings is 1. The number of aromatic nitrogens is 1. The van der Waals surface area contributed by atoms with Crippen LogP contribution in [0.15, 0.2) is 36.5 Å². The summed E-state index contributed by atoms with van der Waals surface area (Å²) in [5.41, 5.74) is 0.446. The van der Waals surface area contributed by atoms with Gasteiger partial charge in [-0.15, -0.1) is 0 Å². The molecule has 1 aromatic carbocycles. The van der Waals surface area contributed by atoms with Gasteiger partial charge in [-0.25, -0.2) is 8.78 Å². The van der Waals surface area contributed by atoms with Gasteiger partial charge >= 0.3 is 0 Å². The number of ether oxygens (including phenoxy) is 1. The van der Waals surface area contributed by atoms with E-state index in [9.17, 15) is 13.6 Å². The van der Waals surface area contributed by atoms with Gasteiger partial charge in [-0.1, -0.05) is 6.07 Å². The minimum atomic E-state index is -1.18. The summed E-state index contributed by atoms with van der Waals surface area (Å²) < 4.78 is 31.9. The maximum absolute atomic E-state index is 13.4. The van der Waals surface area contributed by atoms with Crippen molar-refractivity contribution in [3.8, 4) is 5.75 Å². The van der Waals surface area contributed by atoms with Gasteiger partial charge in [0, 0.05) is 25.4 Å². The van der Waals surface area contributed by atoms with Crippen LogP contribution in [0.1, 0.15) is 16.1 Å². The number of carbonyl (C=O) groups excluding carboxylic acids is 1. The van der Waals surface area contributed by atoms with E-state index in [4.69, 9.17) is 9.84 Å². The monoisotopic (exact) mass is 322 g/mol. The number of halogens is 2. The summed E-state index contributed by atoms with van der Waals surface area (Å²) in [5, 5.41) is 9.12. The summed E-state index contributed by atoms with van der Waals surface area (Å²) in [7, 11) is 1.49. The topological polar surface area (TPSA) is 62.7 Å². The lowest BCUT2D eigenvalue weighted by Gasteiger charge is -2.22. The highest BCUT2D eigenvalue weighted by Crippen LogP contribution is 2.22. The first-order valence-electron chi connectivity index (χ1n) is 6.89.